The number of nitrogens with two attached hydrogens (primary N) is 1. The van der Waals surface area contributed by atoms with Gasteiger partial charge in [0.1, 0.15) is 18.2 Å². The van der Waals surface area contributed by atoms with Crippen LogP contribution in [0, 0.1) is 0 Å². The summed E-state index contributed by atoms with van der Waals surface area (Å²) in [4.78, 5) is 2.19. The Morgan fingerprint density at radius 3 is 2.51 bits per heavy atom. The highest BCUT2D eigenvalue weighted by molar-refractivity contribution is 7.92. The van der Waals surface area contributed by atoms with E-state index in [1.807, 2.05) is 25.2 Å². The molecule has 0 aromatic rings. The SMILES string of the molecule is C=C/C=C\C=C(/C)O/C=C(/C=C(\C=C\S(N)(=O)=O)C(O)NC1CCCCC1)N(CCC)CCCC. The predicted octanol–water partition coefficient (Wildman–Crippen LogP) is 4.97. The number of nitrogens with one attached hydrogen (secondary N) is 1. The molecule has 0 spiro atoms. The van der Waals surface area contributed by atoms with E-state index in [9.17, 15) is 13.5 Å². The standard InChI is InChI=1S/C27H45N3O4S/c1-5-8-11-14-23(4)34-22-26(30(18-7-3)19-9-6-2)21-24(17-20-35(28,32)33)27(31)29-25-15-12-10-13-16-25/h5,8,11,14,17,20-22,25,27,29,31H,1,6-7,9-10,12-13,15-16,18-19H2,2-4H3,(H2,28,32,33)/b11-8-,20-17+,23-14+,24-21+,26-22-. The lowest BCUT2D eigenvalue weighted by molar-refractivity contribution is 0.147. The number of aliphatic hydroxyl groups excluding tert-OH is 1. The largest absolute Gasteiger partial charge is 0.468 e. The predicted molar refractivity (Wildman–Crippen MR) is 145 cm³/mol. The van der Waals surface area contributed by atoms with Gasteiger partial charge < -0.3 is 14.7 Å². The molecule has 1 unspecified atom stereocenters. The van der Waals surface area contributed by atoms with E-state index in [0.29, 0.717) is 11.3 Å². The zero-order valence-corrected chi connectivity index (χ0v) is 22.5. The lowest BCUT2D eigenvalue weighted by Gasteiger charge is -2.28. The number of ether oxygens (including phenoxy) is 1. The Hall–Kier alpha value is -2.13. The van der Waals surface area contributed by atoms with Crippen molar-refractivity contribution < 1.29 is 18.3 Å². The van der Waals surface area contributed by atoms with Crippen LogP contribution in [0.2, 0.25) is 0 Å². The molecule has 1 atom stereocenters. The van der Waals surface area contributed by atoms with Gasteiger partial charge in [-0.05, 0) is 56.4 Å². The lowest BCUT2D eigenvalue weighted by atomic mass is 9.95. The first-order valence-electron chi connectivity index (χ1n) is 12.6. The number of nitrogens with zero attached hydrogens (tertiary/aromatic N) is 1. The van der Waals surface area contributed by atoms with Crippen LogP contribution in [-0.4, -0.2) is 43.8 Å². The molecule has 1 fully saturated rings. The summed E-state index contributed by atoms with van der Waals surface area (Å²) in [5, 5.41) is 20.4. The molecule has 1 saturated carbocycles. The molecular weight excluding hydrogens is 462 g/mol. The number of aliphatic hydroxyl groups is 1. The van der Waals surface area contributed by atoms with Crippen molar-refractivity contribution in [3.63, 3.8) is 0 Å². The molecule has 0 aromatic heterocycles. The number of hydrogen-bond acceptors (Lipinski definition) is 6. The van der Waals surface area contributed by atoms with Crippen molar-refractivity contribution in [1.29, 1.82) is 0 Å². The smallest absolute Gasteiger partial charge is 0.231 e. The maximum Gasteiger partial charge on any atom is 0.231 e. The molecule has 1 aliphatic carbocycles. The maximum absolute atomic E-state index is 11.6. The van der Waals surface area contributed by atoms with Gasteiger partial charge in [-0.3, -0.25) is 5.32 Å². The minimum atomic E-state index is -3.85. The molecule has 1 aliphatic rings. The first-order chi connectivity index (χ1) is 16.7. The van der Waals surface area contributed by atoms with Crippen molar-refractivity contribution in [3.8, 4) is 0 Å². The summed E-state index contributed by atoms with van der Waals surface area (Å²) in [5.74, 6) is 0.684. The Kier molecular flexibility index (Phi) is 15.3. The van der Waals surface area contributed by atoms with Crippen molar-refractivity contribution in [2.24, 2.45) is 5.14 Å². The number of hydrogen-bond donors (Lipinski definition) is 3. The summed E-state index contributed by atoms with van der Waals surface area (Å²) < 4.78 is 29.2. The van der Waals surface area contributed by atoms with E-state index in [1.165, 1.54) is 12.5 Å². The number of unbranched alkanes of at least 4 members (excludes halogenated alkanes) is 1. The first kappa shape index (κ1) is 30.9. The zero-order valence-electron chi connectivity index (χ0n) is 21.7. The lowest BCUT2D eigenvalue weighted by Crippen LogP contribution is -2.40. The quantitative estimate of drug-likeness (QED) is 0.155. The summed E-state index contributed by atoms with van der Waals surface area (Å²) in [6, 6.07) is 0.183. The molecule has 0 aliphatic heterocycles. The summed E-state index contributed by atoms with van der Waals surface area (Å²) in [5.41, 5.74) is 1.16. The molecule has 198 valence electrons. The van der Waals surface area contributed by atoms with E-state index in [-0.39, 0.29) is 6.04 Å². The monoisotopic (exact) mass is 507 g/mol. The molecule has 4 N–H and O–H groups in total. The molecule has 0 heterocycles. The van der Waals surface area contributed by atoms with Crippen LogP contribution in [0.1, 0.15) is 72.1 Å². The van der Waals surface area contributed by atoms with Crippen LogP contribution in [0.5, 0.6) is 0 Å². The molecule has 8 heteroatoms. The van der Waals surface area contributed by atoms with Gasteiger partial charge >= 0.3 is 0 Å². The first-order valence-corrected chi connectivity index (χ1v) is 14.2. The van der Waals surface area contributed by atoms with Gasteiger partial charge in [-0.15, -0.1) is 0 Å². The molecule has 0 saturated heterocycles. The second kappa shape index (κ2) is 17.3. The van der Waals surface area contributed by atoms with E-state index in [4.69, 9.17) is 9.88 Å². The third-order valence-corrected chi connectivity index (χ3v) is 6.18. The van der Waals surface area contributed by atoms with Crippen LogP contribution in [0.3, 0.4) is 0 Å². The molecule has 0 bridgehead atoms. The average molecular weight is 508 g/mol. The Bertz CT molecular complexity index is 882. The fourth-order valence-electron chi connectivity index (χ4n) is 3.80. The minimum Gasteiger partial charge on any atom is -0.468 e. The van der Waals surface area contributed by atoms with Gasteiger partial charge in [0.2, 0.25) is 10.0 Å². The Morgan fingerprint density at radius 2 is 1.91 bits per heavy atom. The van der Waals surface area contributed by atoms with Gasteiger partial charge in [0.05, 0.1) is 5.70 Å². The van der Waals surface area contributed by atoms with Crippen LogP contribution in [0.25, 0.3) is 0 Å². The summed E-state index contributed by atoms with van der Waals surface area (Å²) >= 11 is 0. The second-order valence-electron chi connectivity index (χ2n) is 8.84. The maximum atomic E-state index is 11.6. The zero-order chi connectivity index (χ0) is 26.1. The molecule has 35 heavy (non-hydrogen) atoms. The van der Waals surface area contributed by atoms with Crippen molar-refractivity contribution >= 4 is 10.0 Å². The molecule has 7 nitrogen and oxygen atoms in total. The second-order valence-corrected chi connectivity index (χ2v) is 10.3. The summed E-state index contributed by atoms with van der Waals surface area (Å²) in [7, 11) is -3.85. The average Bonchev–Trinajstić information content (AvgIpc) is 2.81. The Labute approximate surface area is 212 Å². The van der Waals surface area contributed by atoms with Crippen LogP contribution in [0.4, 0.5) is 0 Å². The number of sulfonamides is 1. The van der Waals surface area contributed by atoms with Gasteiger partial charge in [-0.1, -0.05) is 64.3 Å². The van der Waals surface area contributed by atoms with E-state index in [2.05, 4.69) is 30.6 Å². The molecule has 0 amide bonds. The summed E-state index contributed by atoms with van der Waals surface area (Å²) in [6.45, 7) is 11.4. The highest BCUT2D eigenvalue weighted by Crippen LogP contribution is 2.20. The number of rotatable bonds is 16. The highest BCUT2D eigenvalue weighted by Gasteiger charge is 2.19. The third kappa shape index (κ3) is 14.1. The van der Waals surface area contributed by atoms with Crippen molar-refractivity contribution in [2.45, 2.75) is 84.4 Å². The van der Waals surface area contributed by atoms with Crippen molar-refractivity contribution in [3.05, 3.63) is 71.7 Å². The topological polar surface area (TPSA) is 105 Å². The van der Waals surface area contributed by atoms with Gasteiger partial charge in [0, 0.05) is 24.5 Å². The Morgan fingerprint density at radius 1 is 1.20 bits per heavy atom. The Balaban J connectivity index is 3.39. The van der Waals surface area contributed by atoms with Crippen LogP contribution >= 0.6 is 0 Å². The summed E-state index contributed by atoms with van der Waals surface area (Å²) in [6.07, 6.45) is 19.3. The normalized spacial score (nSPS) is 17.8. The van der Waals surface area contributed by atoms with E-state index in [1.54, 1.807) is 18.4 Å². The number of primary sulfonamides is 1. The van der Waals surface area contributed by atoms with Crippen LogP contribution in [-0.2, 0) is 14.8 Å². The minimum absolute atomic E-state index is 0.183. The molecule has 1 rings (SSSR count). The van der Waals surface area contributed by atoms with Crippen molar-refractivity contribution in [1.82, 2.24) is 10.2 Å². The van der Waals surface area contributed by atoms with E-state index in [0.717, 1.165) is 69.1 Å². The molecule has 0 radical (unpaired) electrons. The van der Waals surface area contributed by atoms with Gasteiger partial charge in [0.15, 0.2) is 0 Å². The third-order valence-electron chi connectivity index (χ3n) is 5.66. The van der Waals surface area contributed by atoms with E-state index >= 15 is 0 Å². The molecule has 0 aromatic carbocycles. The van der Waals surface area contributed by atoms with Crippen LogP contribution < -0.4 is 10.5 Å². The van der Waals surface area contributed by atoms with Gasteiger partial charge in [-0.2, -0.15) is 0 Å². The van der Waals surface area contributed by atoms with E-state index < -0.39 is 16.3 Å². The van der Waals surface area contributed by atoms with Crippen molar-refractivity contribution in [2.75, 3.05) is 13.1 Å². The van der Waals surface area contributed by atoms with Crippen LogP contribution in [0.15, 0.2) is 71.7 Å². The van der Waals surface area contributed by atoms with Gasteiger partial charge in [0.25, 0.3) is 0 Å². The fourth-order valence-corrected chi connectivity index (χ4v) is 4.15. The highest BCUT2D eigenvalue weighted by atomic mass is 32.2. The van der Waals surface area contributed by atoms with Gasteiger partial charge in [-0.25, -0.2) is 13.6 Å². The molecular formula is C27H45N3O4S. The fraction of sp³-hybridized carbons (Fsp3) is 0.556. The number of allylic oxidation sites excluding steroid dienone is 6.